The molecule has 2 heterocycles. The molecule has 1 aliphatic rings. The molecule has 0 spiro atoms. The molecule has 1 saturated heterocycles. The molecule has 1 aromatic rings. The van der Waals surface area contributed by atoms with Gasteiger partial charge in [-0.2, -0.15) is 0 Å². The summed E-state index contributed by atoms with van der Waals surface area (Å²) in [6.45, 7) is 7.57. The van der Waals surface area contributed by atoms with Crippen molar-refractivity contribution in [3.8, 4) is 0 Å². The zero-order valence-corrected chi connectivity index (χ0v) is 13.4. The number of hydrogen-bond acceptors (Lipinski definition) is 3. The Morgan fingerprint density at radius 1 is 1.26 bits per heavy atom. The normalized spacial score (nSPS) is 17.9. The van der Waals surface area contributed by atoms with Crippen molar-refractivity contribution < 1.29 is 8.42 Å². The minimum Gasteiger partial charge on any atom is -0.338 e. The fraction of sp³-hybridized carbons (Fsp3) is 0.769. The number of piperidine rings is 1. The van der Waals surface area contributed by atoms with Crippen LogP contribution in [0.5, 0.6) is 0 Å². The van der Waals surface area contributed by atoms with E-state index >= 15 is 0 Å². The van der Waals surface area contributed by atoms with Crippen molar-refractivity contribution in [2.75, 3.05) is 19.3 Å². The summed E-state index contributed by atoms with van der Waals surface area (Å²) in [4.78, 5) is 4.17. The minimum atomic E-state index is -2.92. The zero-order valence-electron chi connectivity index (χ0n) is 12.5. The van der Waals surface area contributed by atoms with Gasteiger partial charge in [0, 0.05) is 26.3 Å². The number of aromatic nitrogens is 2. The molecule has 6 heteroatoms. The Balaban J connectivity index is 0.000000200. The monoisotopic (exact) mass is 287 g/mol. The van der Waals surface area contributed by atoms with Crippen molar-refractivity contribution in [1.82, 2.24) is 13.9 Å². The topological polar surface area (TPSA) is 55.2 Å². The second kappa shape index (κ2) is 6.52. The average Bonchev–Trinajstić information content (AvgIpc) is 2.56. The van der Waals surface area contributed by atoms with E-state index in [2.05, 4.69) is 11.9 Å². The number of rotatable bonds is 1. The molecule has 0 N–H and O–H groups in total. The second-order valence-corrected chi connectivity index (χ2v) is 7.37. The molecule has 0 aliphatic carbocycles. The van der Waals surface area contributed by atoms with Gasteiger partial charge in [-0.3, -0.25) is 0 Å². The molecule has 1 aliphatic heterocycles. The van der Waals surface area contributed by atoms with Crippen LogP contribution in [0.4, 0.5) is 0 Å². The van der Waals surface area contributed by atoms with Gasteiger partial charge in [0.2, 0.25) is 10.0 Å². The van der Waals surface area contributed by atoms with E-state index in [0.29, 0.717) is 19.0 Å². The van der Waals surface area contributed by atoms with Crippen LogP contribution in [0.25, 0.3) is 0 Å². The van der Waals surface area contributed by atoms with Crippen LogP contribution < -0.4 is 0 Å². The van der Waals surface area contributed by atoms with E-state index in [0.717, 1.165) is 24.4 Å². The predicted molar refractivity (Wildman–Crippen MR) is 77.5 cm³/mol. The van der Waals surface area contributed by atoms with E-state index in [1.807, 2.05) is 31.7 Å². The highest BCUT2D eigenvalue weighted by Gasteiger charge is 2.21. The zero-order chi connectivity index (χ0) is 14.6. The molecule has 0 unspecified atom stereocenters. The van der Waals surface area contributed by atoms with Crippen LogP contribution in [0.3, 0.4) is 0 Å². The van der Waals surface area contributed by atoms with Gasteiger partial charge in [0.1, 0.15) is 5.82 Å². The summed E-state index contributed by atoms with van der Waals surface area (Å²) >= 11 is 0. The van der Waals surface area contributed by atoms with Gasteiger partial charge in [0.25, 0.3) is 0 Å². The van der Waals surface area contributed by atoms with Gasteiger partial charge in [0.05, 0.1) is 11.9 Å². The van der Waals surface area contributed by atoms with Crippen LogP contribution in [0.1, 0.15) is 31.3 Å². The van der Waals surface area contributed by atoms with Crippen LogP contribution >= 0.6 is 0 Å². The maximum atomic E-state index is 11.0. The van der Waals surface area contributed by atoms with Crippen molar-refractivity contribution in [2.45, 2.75) is 33.6 Å². The van der Waals surface area contributed by atoms with Gasteiger partial charge in [-0.15, -0.1) is 0 Å². The molecular weight excluding hydrogens is 262 g/mol. The molecule has 19 heavy (non-hydrogen) atoms. The Morgan fingerprint density at radius 2 is 1.79 bits per heavy atom. The van der Waals surface area contributed by atoms with E-state index in [1.165, 1.54) is 6.26 Å². The Kier molecular flexibility index (Phi) is 5.55. The molecule has 5 nitrogen and oxygen atoms in total. The fourth-order valence-corrected chi connectivity index (χ4v) is 2.93. The third-order valence-electron chi connectivity index (χ3n) is 3.44. The summed E-state index contributed by atoms with van der Waals surface area (Å²) in [6, 6.07) is 0. The van der Waals surface area contributed by atoms with Crippen LogP contribution in [0.15, 0.2) is 6.20 Å². The van der Waals surface area contributed by atoms with Crippen molar-refractivity contribution in [3.63, 3.8) is 0 Å². The van der Waals surface area contributed by atoms with Crippen molar-refractivity contribution in [2.24, 2.45) is 13.0 Å². The molecule has 0 amide bonds. The minimum absolute atomic E-state index is 0.688. The summed E-state index contributed by atoms with van der Waals surface area (Å²) < 4.78 is 25.6. The standard InChI is InChI=1S/C7H15NO2S.C6H10N2/c1-7-3-5-8(6-4-7)11(2,9)10;1-5-4-8(3)6(2)7-5/h7H,3-6H2,1-2H3;4H,1-3H3. The number of nitrogens with zero attached hydrogens (tertiary/aromatic N) is 3. The smallest absolute Gasteiger partial charge is 0.211 e. The highest BCUT2D eigenvalue weighted by atomic mass is 32.2. The van der Waals surface area contributed by atoms with Crippen molar-refractivity contribution in [3.05, 3.63) is 17.7 Å². The first kappa shape index (κ1) is 16.2. The third kappa shape index (κ3) is 5.32. The first-order valence-corrected chi connectivity index (χ1v) is 8.46. The molecule has 0 saturated carbocycles. The van der Waals surface area contributed by atoms with Gasteiger partial charge < -0.3 is 4.57 Å². The molecular formula is C13H25N3O2S. The largest absolute Gasteiger partial charge is 0.338 e. The lowest BCUT2D eigenvalue weighted by Crippen LogP contribution is -2.37. The van der Waals surface area contributed by atoms with Gasteiger partial charge in [-0.1, -0.05) is 6.92 Å². The summed E-state index contributed by atoms with van der Waals surface area (Å²) in [6.07, 6.45) is 5.30. The number of sulfonamides is 1. The van der Waals surface area contributed by atoms with Gasteiger partial charge in [-0.25, -0.2) is 17.7 Å². The number of imidazole rings is 1. The van der Waals surface area contributed by atoms with E-state index in [4.69, 9.17) is 0 Å². The lowest BCUT2D eigenvalue weighted by atomic mass is 10.0. The van der Waals surface area contributed by atoms with Gasteiger partial charge in [-0.05, 0) is 32.6 Å². The molecule has 110 valence electrons. The average molecular weight is 287 g/mol. The predicted octanol–water partition coefficient (Wildman–Crippen LogP) is 1.71. The van der Waals surface area contributed by atoms with E-state index in [-0.39, 0.29) is 0 Å². The Hall–Kier alpha value is -0.880. The third-order valence-corrected chi connectivity index (χ3v) is 4.74. The second-order valence-electron chi connectivity index (χ2n) is 5.38. The van der Waals surface area contributed by atoms with Crippen molar-refractivity contribution >= 4 is 10.0 Å². The van der Waals surface area contributed by atoms with Crippen LogP contribution in [-0.2, 0) is 17.1 Å². The molecule has 2 rings (SSSR count). The molecule has 0 atom stereocenters. The molecule has 0 aromatic carbocycles. The lowest BCUT2D eigenvalue weighted by Gasteiger charge is -2.27. The Labute approximate surface area is 116 Å². The molecule has 0 bridgehead atoms. The molecule has 1 fully saturated rings. The number of aryl methyl sites for hydroxylation is 3. The highest BCUT2D eigenvalue weighted by molar-refractivity contribution is 7.88. The Morgan fingerprint density at radius 3 is 2.05 bits per heavy atom. The summed E-state index contributed by atoms with van der Waals surface area (Å²) in [7, 11) is -0.921. The maximum Gasteiger partial charge on any atom is 0.211 e. The van der Waals surface area contributed by atoms with Gasteiger partial charge >= 0.3 is 0 Å². The van der Waals surface area contributed by atoms with E-state index in [9.17, 15) is 8.42 Å². The van der Waals surface area contributed by atoms with E-state index < -0.39 is 10.0 Å². The first-order chi connectivity index (χ1) is 8.70. The quantitative estimate of drug-likeness (QED) is 0.790. The summed E-state index contributed by atoms with van der Waals surface area (Å²) in [5.74, 6) is 1.76. The highest BCUT2D eigenvalue weighted by Crippen LogP contribution is 2.17. The fourth-order valence-electron chi connectivity index (χ4n) is 2.05. The maximum absolute atomic E-state index is 11.0. The SMILES string of the molecule is CC1CCN(S(C)(=O)=O)CC1.Cc1cn(C)c(C)n1. The first-order valence-electron chi connectivity index (χ1n) is 6.62. The summed E-state index contributed by atoms with van der Waals surface area (Å²) in [5, 5.41) is 0. The lowest BCUT2D eigenvalue weighted by molar-refractivity contribution is 0.289. The Bertz CT molecular complexity index is 480. The van der Waals surface area contributed by atoms with Crippen LogP contribution in [0, 0.1) is 19.8 Å². The molecule has 0 radical (unpaired) electrons. The molecule has 1 aromatic heterocycles. The van der Waals surface area contributed by atoms with Crippen molar-refractivity contribution in [1.29, 1.82) is 0 Å². The van der Waals surface area contributed by atoms with Crippen LogP contribution in [0.2, 0.25) is 0 Å². The van der Waals surface area contributed by atoms with E-state index in [1.54, 1.807) is 4.31 Å². The van der Waals surface area contributed by atoms with Gasteiger partial charge in [0.15, 0.2) is 0 Å². The summed E-state index contributed by atoms with van der Waals surface area (Å²) in [5.41, 5.74) is 1.09. The van der Waals surface area contributed by atoms with Crippen LogP contribution in [-0.4, -0.2) is 41.6 Å². The number of hydrogen-bond donors (Lipinski definition) is 0.